The van der Waals surface area contributed by atoms with Gasteiger partial charge in [-0.15, -0.1) is 0 Å². The average molecular weight is 265 g/mol. The Balaban J connectivity index is 2.12. The molecule has 0 radical (unpaired) electrons. The van der Waals surface area contributed by atoms with E-state index in [9.17, 15) is 5.11 Å². The lowest BCUT2D eigenvalue weighted by Crippen LogP contribution is -2.52. The molecular weight excluding hydrogens is 238 g/mol. The van der Waals surface area contributed by atoms with Gasteiger partial charge in [-0.2, -0.15) is 0 Å². The highest BCUT2D eigenvalue weighted by Gasteiger charge is 2.47. The Kier molecular flexibility index (Phi) is 4.02. The molecule has 2 unspecified atom stereocenters. The van der Waals surface area contributed by atoms with Crippen molar-refractivity contribution in [3.05, 3.63) is 18.2 Å². The molecule has 1 saturated carbocycles. The predicted molar refractivity (Wildman–Crippen MR) is 76.7 cm³/mol. The molecule has 3 N–H and O–H groups in total. The van der Waals surface area contributed by atoms with E-state index in [1.807, 2.05) is 24.0 Å². The van der Waals surface area contributed by atoms with Crippen LogP contribution in [0.3, 0.4) is 0 Å². The molecule has 2 rings (SSSR count). The minimum Gasteiger partial charge on any atom is -0.392 e. The molecule has 0 amide bonds. The lowest BCUT2D eigenvalue weighted by Gasteiger charge is -2.49. The first-order valence-corrected chi connectivity index (χ1v) is 7.26. The lowest BCUT2D eigenvalue weighted by molar-refractivity contribution is -0.0925. The third-order valence-electron chi connectivity index (χ3n) is 4.99. The Labute approximate surface area is 116 Å². The average Bonchev–Trinajstić information content (AvgIpc) is 2.77. The van der Waals surface area contributed by atoms with Crippen molar-refractivity contribution in [2.75, 3.05) is 6.54 Å². The second kappa shape index (κ2) is 5.25. The molecule has 1 aliphatic rings. The van der Waals surface area contributed by atoms with Crippen LogP contribution < -0.4 is 5.73 Å². The van der Waals surface area contributed by atoms with Gasteiger partial charge in [-0.05, 0) is 24.7 Å². The predicted octanol–water partition coefficient (Wildman–Crippen LogP) is 1.87. The fourth-order valence-electron chi connectivity index (χ4n) is 3.57. The van der Waals surface area contributed by atoms with Crippen molar-refractivity contribution in [1.82, 2.24) is 9.55 Å². The van der Waals surface area contributed by atoms with Crippen molar-refractivity contribution in [2.24, 2.45) is 23.6 Å². The van der Waals surface area contributed by atoms with Crippen LogP contribution in [0.5, 0.6) is 0 Å². The van der Waals surface area contributed by atoms with Crippen molar-refractivity contribution >= 4 is 0 Å². The van der Waals surface area contributed by atoms with Crippen molar-refractivity contribution in [3.8, 4) is 0 Å². The Hall–Kier alpha value is -0.870. The maximum Gasteiger partial charge on any atom is 0.108 e. The zero-order valence-corrected chi connectivity index (χ0v) is 12.4. The molecule has 4 heteroatoms. The molecule has 1 aliphatic carbocycles. The van der Waals surface area contributed by atoms with Gasteiger partial charge in [0.2, 0.25) is 0 Å². The van der Waals surface area contributed by atoms with Crippen LogP contribution in [0, 0.1) is 10.8 Å². The fraction of sp³-hybridized carbons (Fsp3) is 0.800. The minimum absolute atomic E-state index is 0.0285. The zero-order chi connectivity index (χ0) is 14.1. The van der Waals surface area contributed by atoms with Gasteiger partial charge >= 0.3 is 0 Å². The Bertz CT molecular complexity index is 427. The van der Waals surface area contributed by atoms with Gasteiger partial charge in [-0.1, -0.05) is 20.3 Å². The molecule has 0 aliphatic heterocycles. The summed E-state index contributed by atoms with van der Waals surface area (Å²) in [6.07, 6.45) is 8.53. The highest BCUT2D eigenvalue weighted by atomic mass is 16.3. The second-order valence-corrected chi connectivity index (χ2v) is 6.77. The summed E-state index contributed by atoms with van der Waals surface area (Å²) in [4.78, 5) is 4.37. The molecule has 0 aromatic carbocycles. The molecule has 108 valence electrons. The number of nitrogens with two attached hydrogens (primary N) is 1. The Morgan fingerprint density at radius 3 is 2.79 bits per heavy atom. The van der Waals surface area contributed by atoms with Crippen LogP contribution >= 0.6 is 0 Å². The fourth-order valence-corrected chi connectivity index (χ4v) is 3.57. The lowest BCUT2D eigenvalue weighted by atomic mass is 9.59. The number of aromatic nitrogens is 2. The maximum atomic E-state index is 10.7. The van der Waals surface area contributed by atoms with Crippen LogP contribution in [0.4, 0.5) is 0 Å². The number of aryl methyl sites for hydroxylation is 2. The molecule has 0 bridgehead atoms. The summed E-state index contributed by atoms with van der Waals surface area (Å²) in [7, 11) is 2.01. The summed E-state index contributed by atoms with van der Waals surface area (Å²) in [5.41, 5.74) is 5.87. The van der Waals surface area contributed by atoms with Crippen LogP contribution in [0.1, 0.15) is 45.4 Å². The van der Waals surface area contributed by atoms with E-state index in [-0.39, 0.29) is 16.9 Å². The Morgan fingerprint density at radius 1 is 1.47 bits per heavy atom. The molecule has 1 heterocycles. The van der Waals surface area contributed by atoms with E-state index in [0.29, 0.717) is 6.54 Å². The highest BCUT2D eigenvalue weighted by molar-refractivity contribution is 5.01. The van der Waals surface area contributed by atoms with Gasteiger partial charge in [0, 0.05) is 37.8 Å². The SMILES string of the molecule is Cn1ccnc1CCC1(CN)CCCC(C)(C)C1O. The largest absolute Gasteiger partial charge is 0.392 e. The first-order valence-electron chi connectivity index (χ1n) is 7.26. The van der Waals surface area contributed by atoms with Crippen molar-refractivity contribution in [3.63, 3.8) is 0 Å². The maximum absolute atomic E-state index is 10.7. The van der Waals surface area contributed by atoms with Gasteiger partial charge in [0.25, 0.3) is 0 Å². The van der Waals surface area contributed by atoms with Gasteiger partial charge in [0.05, 0.1) is 6.10 Å². The molecule has 0 saturated heterocycles. The van der Waals surface area contributed by atoms with Crippen LogP contribution in [0.2, 0.25) is 0 Å². The van der Waals surface area contributed by atoms with E-state index in [1.165, 1.54) is 0 Å². The van der Waals surface area contributed by atoms with E-state index in [1.54, 1.807) is 0 Å². The van der Waals surface area contributed by atoms with Crippen LogP contribution in [0.15, 0.2) is 12.4 Å². The van der Waals surface area contributed by atoms with Gasteiger partial charge in [0.1, 0.15) is 5.82 Å². The number of aliphatic hydroxyl groups is 1. The zero-order valence-electron chi connectivity index (χ0n) is 12.4. The molecule has 19 heavy (non-hydrogen) atoms. The third kappa shape index (κ3) is 2.70. The van der Waals surface area contributed by atoms with Gasteiger partial charge in [-0.3, -0.25) is 0 Å². The van der Waals surface area contributed by atoms with E-state index >= 15 is 0 Å². The molecule has 1 fully saturated rings. The summed E-state index contributed by atoms with van der Waals surface area (Å²) in [5.74, 6) is 1.07. The summed E-state index contributed by atoms with van der Waals surface area (Å²) in [6.45, 7) is 4.87. The van der Waals surface area contributed by atoms with Crippen molar-refractivity contribution < 1.29 is 5.11 Å². The number of aliphatic hydroxyl groups excluding tert-OH is 1. The summed E-state index contributed by atoms with van der Waals surface area (Å²) < 4.78 is 2.05. The molecular formula is C15H27N3O. The first kappa shape index (κ1) is 14.5. The van der Waals surface area contributed by atoms with Gasteiger partial charge < -0.3 is 15.4 Å². The number of nitrogens with zero attached hydrogens (tertiary/aromatic N) is 2. The van der Waals surface area contributed by atoms with Gasteiger partial charge in [-0.25, -0.2) is 4.98 Å². The number of hydrogen-bond acceptors (Lipinski definition) is 3. The normalized spacial score (nSPS) is 30.5. The monoisotopic (exact) mass is 265 g/mol. The molecule has 0 spiro atoms. The van der Waals surface area contributed by atoms with Crippen LogP contribution in [0.25, 0.3) is 0 Å². The standard InChI is InChI=1S/C15H27N3O/c1-14(2)6-4-7-15(11-16,13(14)19)8-5-12-17-9-10-18(12)3/h9-10,13,19H,4-8,11,16H2,1-3H3. The number of imidazole rings is 1. The van der Waals surface area contributed by atoms with Gasteiger partial charge in [0.15, 0.2) is 0 Å². The van der Waals surface area contributed by atoms with Crippen molar-refractivity contribution in [1.29, 1.82) is 0 Å². The minimum atomic E-state index is -0.320. The van der Waals surface area contributed by atoms with Crippen LogP contribution in [-0.4, -0.2) is 27.3 Å². The third-order valence-corrected chi connectivity index (χ3v) is 4.99. The van der Waals surface area contributed by atoms with E-state index < -0.39 is 0 Å². The molecule has 2 atom stereocenters. The highest BCUT2D eigenvalue weighted by Crippen LogP contribution is 2.48. The summed E-state index contributed by atoms with van der Waals surface area (Å²) >= 11 is 0. The quantitative estimate of drug-likeness (QED) is 0.873. The topological polar surface area (TPSA) is 64.1 Å². The van der Waals surface area contributed by atoms with Crippen LogP contribution in [-0.2, 0) is 13.5 Å². The van der Waals surface area contributed by atoms with Crippen molar-refractivity contribution in [2.45, 2.75) is 52.1 Å². The molecule has 1 aromatic heterocycles. The number of hydrogen-bond donors (Lipinski definition) is 2. The summed E-state index contributed by atoms with van der Waals surface area (Å²) in [5, 5.41) is 10.7. The smallest absolute Gasteiger partial charge is 0.108 e. The first-order chi connectivity index (χ1) is 8.91. The molecule has 4 nitrogen and oxygen atoms in total. The number of rotatable bonds is 4. The Morgan fingerprint density at radius 2 is 2.21 bits per heavy atom. The van der Waals surface area contributed by atoms with E-state index in [4.69, 9.17) is 5.73 Å². The van der Waals surface area contributed by atoms with E-state index in [0.717, 1.165) is 37.9 Å². The summed E-state index contributed by atoms with van der Waals surface area (Å²) in [6, 6.07) is 0. The van der Waals surface area contributed by atoms with E-state index in [2.05, 4.69) is 18.8 Å². The second-order valence-electron chi connectivity index (χ2n) is 6.77. The molecule has 1 aromatic rings.